The molecule has 0 fully saturated rings. The van der Waals surface area contributed by atoms with Gasteiger partial charge in [-0.25, -0.2) is 0 Å². The van der Waals surface area contributed by atoms with Crippen LogP contribution in [0.1, 0.15) is 10.4 Å². The van der Waals surface area contributed by atoms with Gasteiger partial charge in [-0.2, -0.15) is 0 Å². The molecule has 4 heteroatoms. The minimum Gasteiger partial charge on any atom is -0.383 e. The first-order valence-electron chi connectivity index (χ1n) is 7.24. The third-order valence-corrected chi connectivity index (χ3v) is 5.11. The van der Waals surface area contributed by atoms with Crippen LogP contribution in [0.15, 0.2) is 46.3 Å². The van der Waals surface area contributed by atoms with E-state index in [1.54, 1.807) is 7.11 Å². The summed E-state index contributed by atoms with van der Waals surface area (Å²) in [5.41, 5.74) is 1.41. The van der Waals surface area contributed by atoms with Crippen molar-refractivity contribution in [2.24, 2.45) is 5.92 Å². The van der Waals surface area contributed by atoms with E-state index < -0.39 is 0 Å². The first-order valence-corrected chi connectivity index (χ1v) is 8.91. The van der Waals surface area contributed by atoms with Crippen LogP contribution >= 0.6 is 27.3 Å². The topological polar surface area (TPSA) is 21.3 Å². The maximum absolute atomic E-state index is 5.10. The lowest BCUT2D eigenvalue weighted by Crippen LogP contribution is -2.28. The summed E-state index contributed by atoms with van der Waals surface area (Å²) < 4.78 is 6.29. The largest absolute Gasteiger partial charge is 0.383 e. The van der Waals surface area contributed by atoms with Gasteiger partial charge in [-0.15, -0.1) is 11.3 Å². The first-order chi connectivity index (χ1) is 10.3. The van der Waals surface area contributed by atoms with Gasteiger partial charge in [-0.3, -0.25) is 0 Å². The summed E-state index contributed by atoms with van der Waals surface area (Å²) in [6, 6.07) is 13.0. The van der Waals surface area contributed by atoms with Crippen LogP contribution in [-0.2, 0) is 17.6 Å². The molecule has 0 spiro atoms. The maximum Gasteiger partial charge on any atom is 0.0587 e. The van der Waals surface area contributed by atoms with E-state index in [1.807, 2.05) is 11.3 Å². The lowest BCUT2D eigenvalue weighted by atomic mass is 9.95. The molecular formula is C17H22BrNOS. The summed E-state index contributed by atoms with van der Waals surface area (Å²) >= 11 is 5.37. The second-order valence-electron chi connectivity index (χ2n) is 5.19. The van der Waals surface area contributed by atoms with Gasteiger partial charge >= 0.3 is 0 Å². The highest BCUT2D eigenvalue weighted by Crippen LogP contribution is 2.23. The van der Waals surface area contributed by atoms with Crippen molar-refractivity contribution >= 4 is 27.3 Å². The Morgan fingerprint density at radius 3 is 2.71 bits per heavy atom. The number of methoxy groups -OCH3 is 1. The molecule has 1 unspecified atom stereocenters. The van der Waals surface area contributed by atoms with E-state index in [0.717, 1.165) is 32.5 Å². The molecular weight excluding hydrogens is 346 g/mol. The summed E-state index contributed by atoms with van der Waals surface area (Å²) in [6.07, 6.45) is 2.22. The van der Waals surface area contributed by atoms with Crippen molar-refractivity contribution in [1.29, 1.82) is 0 Å². The summed E-state index contributed by atoms with van der Waals surface area (Å²) in [5.74, 6) is 0.606. The first kappa shape index (κ1) is 16.7. The average Bonchev–Trinajstić information content (AvgIpc) is 2.90. The number of halogens is 1. The van der Waals surface area contributed by atoms with E-state index in [1.165, 1.54) is 14.9 Å². The predicted octanol–water partition coefficient (Wildman–Crippen LogP) is 4.15. The number of rotatable bonds is 9. The Bertz CT molecular complexity index is 515. The van der Waals surface area contributed by atoms with Crippen molar-refractivity contribution in [2.45, 2.75) is 12.8 Å². The van der Waals surface area contributed by atoms with Gasteiger partial charge in [0.15, 0.2) is 0 Å². The average molecular weight is 368 g/mol. The zero-order chi connectivity index (χ0) is 14.9. The molecule has 0 saturated heterocycles. The van der Waals surface area contributed by atoms with E-state index in [9.17, 15) is 0 Å². The highest BCUT2D eigenvalue weighted by molar-refractivity contribution is 9.10. The number of ether oxygens (including phenoxy) is 1. The molecule has 114 valence electrons. The molecule has 1 aromatic carbocycles. The molecule has 0 aliphatic heterocycles. The molecule has 2 nitrogen and oxygen atoms in total. The van der Waals surface area contributed by atoms with E-state index in [2.05, 4.69) is 63.0 Å². The lowest BCUT2D eigenvalue weighted by molar-refractivity contribution is 0.197. The minimum absolute atomic E-state index is 0.606. The molecule has 1 atom stereocenters. The van der Waals surface area contributed by atoms with Crippen molar-refractivity contribution in [1.82, 2.24) is 5.32 Å². The van der Waals surface area contributed by atoms with Gasteiger partial charge in [0, 0.05) is 28.4 Å². The minimum atomic E-state index is 0.606. The normalized spacial score (nSPS) is 12.5. The van der Waals surface area contributed by atoms with Crippen molar-refractivity contribution in [3.8, 4) is 0 Å². The van der Waals surface area contributed by atoms with E-state index >= 15 is 0 Å². The van der Waals surface area contributed by atoms with E-state index in [-0.39, 0.29) is 0 Å². The van der Waals surface area contributed by atoms with Gasteiger partial charge in [-0.05, 0) is 52.9 Å². The van der Waals surface area contributed by atoms with Crippen LogP contribution in [0.2, 0.25) is 0 Å². The Kier molecular flexibility index (Phi) is 7.44. The number of thiophene rings is 1. The monoisotopic (exact) mass is 367 g/mol. The molecule has 21 heavy (non-hydrogen) atoms. The van der Waals surface area contributed by atoms with Gasteiger partial charge in [-0.1, -0.05) is 30.3 Å². The quantitative estimate of drug-likeness (QED) is 0.672. The molecule has 0 aliphatic rings. The van der Waals surface area contributed by atoms with Gasteiger partial charge in [0.25, 0.3) is 0 Å². The Morgan fingerprint density at radius 2 is 2.05 bits per heavy atom. The van der Waals surface area contributed by atoms with Crippen LogP contribution in [0.4, 0.5) is 0 Å². The van der Waals surface area contributed by atoms with Gasteiger partial charge < -0.3 is 10.1 Å². The van der Waals surface area contributed by atoms with Crippen LogP contribution in [0.5, 0.6) is 0 Å². The number of nitrogens with one attached hydrogen (secondary N) is 1. The Balaban J connectivity index is 1.92. The van der Waals surface area contributed by atoms with E-state index in [4.69, 9.17) is 4.74 Å². The van der Waals surface area contributed by atoms with E-state index in [0.29, 0.717) is 5.92 Å². The SMILES string of the molecule is COCCNCC(Cc1ccccc1)Cc1cc(Br)cs1. The molecule has 0 amide bonds. The molecule has 0 saturated carbocycles. The van der Waals surface area contributed by atoms with Gasteiger partial charge in [0.2, 0.25) is 0 Å². The Hall–Kier alpha value is -0.680. The van der Waals surface area contributed by atoms with Gasteiger partial charge in [0.05, 0.1) is 6.61 Å². The summed E-state index contributed by atoms with van der Waals surface area (Å²) in [6.45, 7) is 2.70. The fraction of sp³-hybridized carbons (Fsp3) is 0.412. The highest BCUT2D eigenvalue weighted by Gasteiger charge is 2.12. The standard InChI is InChI=1S/C17H22BrNOS/c1-20-8-7-19-12-15(9-14-5-3-2-4-6-14)10-17-11-16(18)13-21-17/h2-6,11,13,15,19H,7-10,12H2,1H3. The summed E-state index contributed by atoms with van der Waals surface area (Å²) in [7, 11) is 1.74. The summed E-state index contributed by atoms with van der Waals surface area (Å²) in [4.78, 5) is 1.44. The van der Waals surface area contributed by atoms with Crippen LogP contribution < -0.4 is 5.32 Å². The molecule has 2 rings (SSSR count). The summed E-state index contributed by atoms with van der Waals surface area (Å²) in [5, 5.41) is 5.66. The molecule has 0 aliphatic carbocycles. The fourth-order valence-corrected chi connectivity index (χ4v) is 3.96. The molecule has 1 aromatic heterocycles. The second-order valence-corrected chi connectivity index (χ2v) is 7.10. The van der Waals surface area contributed by atoms with Crippen molar-refractivity contribution < 1.29 is 4.74 Å². The van der Waals surface area contributed by atoms with Crippen molar-refractivity contribution in [2.75, 3.05) is 26.8 Å². The van der Waals surface area contributed by atoms with Crippen molar-refractivity contribution in [3.63, 3.8) is 0 Å². The molecule has 2 aromatic rings. The second kappa shape index (κ2) is 9.36. The Morgan fingerprint density at radius 1 is 1.24 bits per heavy atom. The zero-order valence-corrected chi connectivity index (χ0v) is 14.8. The third-order valence-electron chi connectivity index (χ3n) is 3.39. The molecule has 0 radical (unpaired) electrons. The molecule has 1 N–H and O–H groups in total. The van der Waals surface area contributed by atoms with Crippen molar-refractivity contribution in [3.05, 3.63) is 56.7 Å². The van der Waals surface area contributed by atoms with Gasteiger partial charge in [0.1, 0.15) is 0 Å². The lowest BCUT2D eigenvalue weighted by Gasteiger charge is -2.17. The third kappa shape index (κ3) is 6.30. The fourth-order valence-electron chi connectivity index (χ4n) is 2.39. The maximum atomic E-state index is 5.10. The number of hydrogen-bond donors (Lipinski definition) is 1. The van der Waals surface area contributed by atoms with Crippen LogP contribution in [0.3, 0.4) is 0 Å². The predicted molar refractivity (Wildman–Crippen MR) is 94.1 cm³/mol. The highest BCUT2D eigenvalue weighted by atomic mass is 79.9. The Labute approximate surface area is 139 Å². The van der Waals surface area contributed by atoms with Crippen LogP contribution in [-0.4, -0.2) is 26.8 Å². The molecule has 1 heterocycles. The van der Waals surface area contributed by atoms with Crippen LogP contribution in [0, 0.1) is 5.92 Å². The number of benzene rings is 1. The molecule has 0 bridgehead atoms. The number of hydrogen-bond acceptors (Lipinski definition) is 3. The zero-order valence-electron chi connectivity index (χ0n) is 12.3. The smallest absolute Gasteiger partial charge is 0.0587 e. The van der Waals surface area contributed by atoms with Crippen LogP contribution in [0.25, 0.3) is 0 Å².